The third kappa shape index (κ3) is 5.98. The van der Waals surface area contributed by atoms with Crippen molar-refractivity contribution in [1.82, 2.24) is 4.90 Å². The third-order valence-electron chi connectivity index (χ3n) is 6.07. The molecule has 40 heavy (non-hydrogen) atoms. The Morgan fingerprint density at radius 3 is 2.42 bits per heavy atom. The molecule has 202 valence electrons. The lowest BCUT2D eigenvalue weighted by Crippen LogP contribution is -2.31. The summed E-state index contributed by atoms with van der Waals surface area (Å²) < 4.78 is 11.7. The summed E-state index contributed by atoms with van der Waals surface area (Å²) in [6, 6.07) is 23.1. The second-order valence-electron chi connectivity index (χ2n) is 8.90. The normalized spacial score (nSPS) is 13.1. The van der Waals surface area contributed by atoms with Crippen molar-refractivity contribution in [3.63, 3.8) is 0 Å². The van der Waals surface area contributed by atoms with Crippen LogP contribution in [0.1, 0.15) is 21.7 Å². The molecule has 1 aliphatic heterocycles. The lowest BCUT2D eigenvalue weighted by molar-refractivity contribution is -0.138. The Balaban J connectivity index is 1.40. The summed E-state index contributed by atoms with van der Waals surface area (Å²) in [5.74, 6) is -0.109. The van der Waals surface area contributed by atoms with Gasteiger partial charge in [-0.1, -0.05) is 33.8 Å². The van der Waals surface area contributed by atoms with Gasteiger partial charge < -0.3 is 19.8 Å². The second kappa shape index (κ2) is 11.8. The number of hydrogen-bond acceptors (Lipinski definition) is 7. The number of halogens is 1. The number of carbonyl (C=O) groups is 3. The lowest BCUT2D eigenvalue weighted by Gasteiger charge is -2.15. The number of furan rings is 1. The Morgan fingerprint density at radius 2 is 1.75 bits per heavy atom. The zero-order valence-electron chi connectivity index (χ0n) is 21.6. The molecule has 0 bridgehead atoms. The first-order valence-electron chi connectivity index (χ1n) is 12.2. The van der Waals surface area contributed by atoms with Gasteiger partial charge in [-0.15, -0.1) is 0 Å². The van der Waals surface area contributed by atoms with Crippen LogP contribution in [0.15, 0.2) is 110 Å². The number of imide groups is 1. The molecule has 10 heteroatoms. The minimum absolute atomic E-state index is 0.00584. The first-order valence-corrected chi connectivity index (χ1v) is 13.8. The largest absolute Gasteiger partial charge is 0.495 e. The van der Waals surface area contributed by atoms with Crippen molar-refractivity contribution < 1.29 is 23.5 Å². The lowest BCUT2D eigenvalue weighted by atomic mass is 10.2. The molecule has 3 aromatic carbocycles. The molecule has 0 unspecified atom stereocenters. The van der Waals surface area contributed by atoms with Crippen molar-refractivity contribution in [3.8, 4) is 5.75 Å². The number of rotatable bonds is 9. The van der Waals surface area contributed by atoms with Gasteiger partial charge in [0, 0.05) is 20.6 Å². The number of anilines is 2. The maximum Gasteiger partial charge on any atom is 0.278 e. The summed E-state index contributed by atoms with van der Waals surface area (Å²) >= 11 is 4.53. The fraction of sp³-hybridized carbons (Fsp3) is 0.100. The van der Waals surface area contributed by atoms with Crippen LogP contribution < -0.4 is 15.4 Å². The van der Waals surface area contributed by atoms with Gasteiger partial charge in [-0.25, -0.2) is 0 Å². The molecule has 1 aliphatic rings. The molecule has 0 saturated carbocycles. The summed E-state index contributed by atoms with van der Waals surface area (Å²) in [5.41, 5.74) is 2.81. The van der Waals surface area contributed by atoms with Crippen molar-refractivity contribution >= 4 is 56.8 Å². The highest BCUT2D eigenvalue weighted by molar-refractivity contribution is 9.10. The highest BCUT2D eigenvalue weighted by Gasteiger charge is 2.40. The number of nitrogens with zero attached hydrogens (tertiary/aromatic N) is 1. The fourth-order valence-corrected chi connectivity index (χ4v) is 5.25. The van der Waals surface area contributed by atoms with Gasteiger partial charge in [-0.3, -0.25) is 19.3 Å². The number of thioether (sulfide) groups is 1. The van der Waals surface area contributed by atoms with E-state index in [1.807, 2.05) is 19.1 Å². The molecule has 2 N–H and O–H groups in total. The number of ether oxygens (including phenoxy) is 1. The van der Waals surface area contributed by atoms with Crippen LogP contribution in [0.4, 0.5) is 11.4 Å². The third-order valence-corrected chi connectivity index (χ3v) is 7.69. The summed E-state index contributed by atoms with van der Waals surface area (Å²) in [6.45, 7) is 1.93. The van der Waals surface area contributed by atoms with Gasteiger partial charge in [-0.2, -0.15) is 0 Å². The number of benzene rings is 3. The number of aryl methyl sites for hydroxylation is 1. The van der Waals surface area contributed by atoms with Crippen LogP contribution in [0.25, 0.3) is 0 Å². The van der Waals surface area contributed by atoms with Crippen molar-refractivity contribution in [2.24, 2.45) is 0 Å². The predicted molar refractivity (Wildman–Crippen MR) is 157 cm³/mol. The van der Waals surface area contributed by atoms with E-state index >= 15 is 0 Å². The standard InChI is InChI=1S/C30H24BrN3O5S/c1-18-5-14-25(38-2)24(16-18)33-26-27(30(37)34(29(26)36)17-22-4-3-15-39-22)40-23-12-10-21(11-13-23)32-28(35)19-6-8-20(31)9-7-19/h3-16,33H,17H2,1-2H3,(H,32,35). The van der Waals surface area contributed by atoms with Crippen LogP contribution in [-0.4, -0.2) is 29.7 Å². The summed E-state index contributed by atoms with van der Waals surface area (Å²) in [4.78, 5) is 41.7. The average Bonchev–Trinajstić information content (AvgIpc) is 3.54. The Kier molecular flexibility index (Phi) is 8.09. The number of amides is 3. The number of hydrogen-bond donors (Lipinski definition) is 2. The molecule has 5 rings (SSSR count). The number of methoxy groups -OCH3 is 1. The van der Waals surface area contributed by atoms with Crippen molar-refractivity contribution in [2.45, 2.75) is 18.4 Å². The molecular formula is C30H24BrN3O5S. The Morgan fingerprint density at radius 1 is 1.00 bits per heavy atom. The summed E-state index contributed by atoms with van der Waals surface area (Å²) in [6.07, 6.45) is 1.50. The van der Waals surface area contributed by atoms with E-state index in [2.05, 4.69) is 26.6 Å². The summed E-state index contributed by atoms with van der Waals surface area (Å²) in [7, 11) is 1.54. The van der Waals surface area contributed by atoms with Crippen molar-refractivity contribution in [1.29, 1.82) is 0 Å². The maximum absolute atomic E-state index is 13.5. The Hall–Kier alpha value is -4.28. The molecule has 0 spiro atoms. The molecule has 2 heterocycles. The van der Waals surface area contributed by atoms with E-state index in [0.717, 1.165) is 14.9 Å². The van der Waals surface area contributed by atoms with Gasteiger partial charge in [0.2, 0.25) is 0 Å². The second-order valence-corrected chi connectivity index (χ2v) is 10.9. The van der Waals surface area contributed by atoms with Gasteiger partial charge in [0.05, 0.1) is 25.6 Å². The van der Waals surface area contributed by atoms with Crippen LogP contribution in [0.3, 0.4) is 0 Å². The minimum Gasteiger partial charge on any atom is -0.495 e. The van der Waals surface area contributed by atoms with Crippen molar-refractivity contribution in [2.75, 3.05) is 17.7 Å². The first kappa shape index (κ1) is 27.3. The van der Waals surface area contributed by atoms with Crippen LogP contribution in [0.2, 0.25) is 0 Å². The highest BCUT2D eigenvalue weighted by Crippen LogP contribution is 2.38. The molecule has 0 aliphatic carbocycles. The number of carbonyl (C=O) groups excluding carboxylic acids is 3. The van der Waals surface area contributed by atoms with E-state index in [0.29, 0.717) is 33.3 Å². The molecular weight excluding hydrogens is 594 g/mol. The van der Waals surface area contributed by atoms with E-state index in [9.17, 15) is 14.4 Å². The predicted octanol–water partition coefficient (Wildman–Crippen LogP) is 6.60. The quantitative estimate of drug-likeness (QED) is 0.204. The highest BCUT2D eigenvalue weighted by atomic mass is 79.9. The van der Waals surface area contributed by atoms with Gasteiger partial charge in [0.15, 0.2) is 0 Å². The smallest absolute Gasteiger partial charge is 0.278 e. The van der Waals surface area contributed by atoms with Gasteiger partial charge >= 0.3 is 0 Å². The Labute approximate surface area is 243 Å². The molecule has 0 atom stereocenters. The van der Waals surface area contributed by atoms with Crippen LogP contribution in [0, 0.1) is 6.92 Å². The minimum atomic E-state index is -0.467. The van der Waals surface area contributed by atoms with Gasteiger partial charge in [-0.05, 0) is 85.3 Å². The van der Waals surface area contributed by atoms with E-state index in [1.54, 1.807) is 73.8 Å². The number of nitrogens with one attached hydrogen (secondary N) is 2. The van der Waals surface area contributed by atoms with Crippen LogP contribution in [0.5, 0.6) is 5.75 Å². The SMILES string of the molecule is COc1ccc(C)cc1NC1=C(Sc2ccc(NC(=O)c3ccc(Br)cc3)cc2)C(=O)N(Cc2ccco2)C1=O. The summed E-state index contributed by atoms with van der Waals surface area (Å²) in [5, 5.41) is 6.02. The zero-order chi connectivity index (χ0) is 28.2. The zero-order valence-corrected chi connectivity index (χ0v) is 24.0. The molecule has 8 nitrogen and oxygen atoms in total. The van der Waals surface area contributed by atoms with E-state index in [-0.39, 0.29) is 23.1 Å². The van der Waals surface area contributed by atoms with E-state index in [1.165, 1.54) is 18.0 Å². The van der Waals surface area contributed by atoms with Gasteiger partial charge in [0.25, 0.3) is 17.7 Å². The van der Waals surface area contributed by atoms with Gasteiger partial charge in [0.1, 0.15) is 22.1 Å². The molecule has 1 aromatic heterocycles. The molecule has 0 radical (unpaired) electrons. The maximum atomic E-state index is 13.5. The van der Waals surface area contributed by atoms with E-state index < -0.39 is 11.8 Å². The fourth-order valence-electron chi connectivity index (χ4n) is 4.04. The van der Waals surface area contributed by atoms with Crippen LogP contribution >= 0.6 is 27.7 Å². The van der Waals surface area contributed by atoms with Crippen molar-refractivity contribution in [3.05, 3.63) is 117 Å². The van der Waals surface area contributed by atoms with E-state index in [4.69, 9.17) is 9.15 Å². The molecule has 0 saturated heterocycles. The molecule has 4 aromatic rings. The average molecular weight is 619 g/mol. The Bertz CT molecular complexity index is 1600. The van der Waals surface area contributed by atoms with Crippen LogP contribution in [-0.2, 0) is 16.1 Å². The monoisotopic (exact) mass is 617 g/mol. The first-order chi connectivity index (χ1) is 19.3. The molecule has 0 fully saturated rings. The topological polar surface area (TPSA) is 101 Å². The molecule has 3 amide bonds.